The first kappa shape index (κ1) is 16.8. The van der Waals surface area contributed by atoms with Crippen molar-refractivity contribution in [3.63, 3.8) is 0 Å². The van der Waals surface area contributed by atoms with E-state index in [1.165, 1.54) is 25.7 Å². The number of hydrogen-bond donors (Lipinski definition) is 1. The molecule has 21 heavy (non-hydrogen) atoms. The Hall–Kier alpha value is -0.610. The molecule has 0 aromatic heterocycles. The first-order valence-electron chi connectivity index (χ1n) is 8.83. The van der Waals surface area contributed by atoms with Gasteiger partial charge in [0.2, 0.25) is 5.91 Å². The van der Waals surface area contributed by atoms with Crippen LogP contribution in [-0.2, 0) is 4.79 Å². The summed E-state index contributed by atoms with van der Waals surface area (Å²) in [6, 6.07) is 0.765. The van der Waals surface area contributed by atoms with Gasteiger partial charge < -0.3 is 10.6 Å². The van der Waals surface area contributed by atoms with E-state index >= 15 is 0 Å². The summed E-state index contributed by atoms with van der Waals surface area (Å²) in [4.78, 5) is 16.7. The summed E-state index contributed by atoms with van der Waals surface area (Å²) in [6.45, 7) is 9.27. The summed E-state index contributed by atoms with van der Waals surface area (Å²) in [6.07, 6.45) is 6.91. The molecule has 0 aromatic carbocycles. The van der Waals surface area contributed by atoms with Gasteiger partial charge in [0.05, 0.1) is 0 Å². The highest BCUT2D eigenvalue weighted by atomic mass is 16.2. The Morgan fingerprint density at radius 3 is 2.24 bits per heavy atom. The average molecular weight is 295 g/mol. The molecule has 1 aliphatic carbocycles. The van der Waals surface area contributed by atoms with Crippen molar-refractivity contribution in [3.8, 4) is 0 Å². The second-order valence-corrected chi connectivity index (χ2v) is 7.12. The minimum atomic E-state index is 0.295. The fourth-order valence-electron chi connectivity index (χ4n) is 3.88. The summed E-state index contributed by atoms with van der Waals surface area (Å²) in [7, 11) is 0. The van der Waals surface area contributed by atoms with Gasteiger partial charge in [-0.3, -0.25) is 9.69 Å². The molecule has 0 radical (unpaired) electrons. The topological polar surface area (TPSA) is 49.6 Å². The molecule has 0 bridgehead atoms. The van der Waals surface area contributed by atoms with Gasteiger partial charge in [-0.25, -0.2) is 0 Å². The lowest BCUT2D eigenvalue weighted by Gasteiger charge is -2.42. The predicted octanol–water partition coefficient (Wildman–Crippen LogP) is 2.08. The monoisotopic (exact) mass is 295 g/mol. The smallest absolute Gasteiger partial charge is 0.222 e. The number of piperazine rings is 1. The van der Waals surface area contributed by atoms with Gasteiger partial charge >= 0.3 is 0 Å². The normalized spacial score (nSPS) is 28.1. The molecule has 2 fully saturated rings. The summed E-state index contributed by atoms with van der Waals surface area (Å²) in [5, 5.41) is 0. The lowest BCUT2D eigenvalue weighted by molar-refractivity contribution is -0.133. The molecule has 1 aliphatic heterocycles. The third-order valence-electron chi connectivity index (χ3n) is 5.46. The van der Waals surface area contributed by atoms with Crippen molar-refractivity contribution in [1.82, 2.24) is 9.80 Å². The van der Waals surface area contributed by atoms with Crippen LogP contribution in [0.15, 0.2) is 0 Å². The quantitative estimate of drug-likeness (QED) is 0.845. The summed E-state index contributed by atoms with van der Waals surface area (Å²) < 4.78 is 0. The van der Waals surface area contributed by atoms with E-state index in [0.717, 1.165) is 50.5 Å². The summed E-state index contributed by atoms with van der Waals surface area (Å²) in [5.41, 5.74) is 5.48. The zero-order valence-corrected chi connectivity index (χ0v) is 13.9. The number of nitrogens with zero attached hydrogens (tertiary/aromatic N) is 2. The number of amides is 1. The molecule has 1 heterocycles. The van der Waals surface area contributed by atoms with Gasteiger partial charge in [0.1, 0.15) is 0 Å². The van der Waals surface area contributed by atoms with Crippen LogP contribution in [0, 0.1) is 11.8 Å². The van der Waals surface area contributed by atoms with Crippen molar-refractivity contribution in [1.29, 1.82) is 0 Å². The Morgan fingerprint density at radius 2 is 1.71 bits per heavy atom. The Bertz CT molecular complexity index is 316. The van der Waals surface area contributed by atoms with Gasteiger partial charge in [-0.2, -0.15) is 0 Å². The van der Waals surface area contributed by atoms with Crippen molar-refractivity contribution in [2.45, 2.75) is 58.4 Å². The van der Waals surface area contributed by atoms with Crippen LogP contribution in [0.3, 0.4) is 0 Å². The standard InChI is InChI=1S/C17H33N3O/c1-14(2)15-5-7-16(8-6-15)19-10-12-20(13-11-19)17(21)4-3-9-18/h14-16H,3-13,18H2,1-2H3. The summed E-state index contributed by atoms with van der Waals surface area (Å²) in [5.74, 6) is 2.06. The predicted molar refractivity (Wildman–Crippen MR) is 87.0 cm³/mol. The number of hydrogen-bond acceptors (Lipinski definition) is 3. The zero-order valence-electron chi connectivity index (χ0n) is 13.9. The van der Waals surface area contributed by atoms with Crippen LogP contribution in [0.1, 0.15) is 52.4 Å². The maximum atomic E-state index is 12.0. The fourth-order valence-corrected chi connectivity index (χ4v) is 3.88. The van der Waals surface area contributed by atoms with E-state index in [2.05, 4.69) is 18.7 Å². The van der Waals surface area contributed by atoms with Gasteiger partial charge in [-0.05, 0) is 50.5 Å². The highest BCUT2D eigenvalue weighted by molar-refractivity contribution is 5.76. The first-order valence-corrected chi connectivity index (χ1v) is 8.83. The molecule has 1 saturated carbocycles. The molecule has 0 aromatic rings. The minimum Gasteiger partial charge on any atom is -0.340 e. The van der Waals surface area contributed by atoms with Crippen molar-refractivity contribution < 1.29 is 4.79 Å². The van der Waals surface area contributed by atoms with Crippen LogP contribution < -0.4 is 5.73 Å². The first-order chi connectivity index (χ1) is 10.1. The van der Waals surface area contributed by atoms with Crippen molar-refractivity contribution >= 4 is 5.91 Å². The molecule has 4 heteroatoms. The van der Waals surface area contributed by atoms with E-state index in [1.54, 1.807) is 0 Å². The largest absolute Gasteiger partial charge is 0.340 e. The number of nitrogens with two attached hydrogens (primary N) is 1. The summed E-state index contributed by atoms with van der Waals surface area (Å²) >= 11 is 0. The van der Waals surface area contributed by atoms with Crippen LogP contribution in [0.2, 0.25) is 0 Å². The lowest BCUT2D eigenvalue weighted by Crippen LogP contribution is -2.52. The Labute approximate surface area is 130 Å². The molecule has 0 atom stereocenters. The second kappa shape index (κ2) is 8.14. The molecule has 1 amide bonds. The van der Waals surface area contributed by atoms with Crippen molar-refractivity contribution in [2.24, 2.45) is 17.6 Å². The van der Waals surface area contributed by atoms with E-state index in [0.29, 0.717) is 18.9 Å². The molecular weight excluding hydrogens is 262 g/mol. The van der Waals surface area contributed by atoms with Crippen LogP contribution >= 0.6 is 0 Å². The maximum Gasteiger partial charge on any atom is 0.222 e. The molecular formula is C17H33N3O. The maximum absolute atomic E-state index is 12.0. The second-order valence-electron chi connectivity index (χ2n) is 7.12. The third-order valence-corrected chi connectivity index (χ3v) is 5.46. The SMILES string of the molecule is CC(C)C1CCC(N2CCN(C(=O)CCCN)CC2)CC1. The molecule has 0 spiro atoms. The van der Waals surface area contributed by atoms with E-state index < -0.39 is 0 Å². The van der Waals surface area contributed by atoms with Crippen molar-refractivity contribution in [3.05, 3.63) is 0 Å². The van der Waals surface area contributed by atoms with Crippen molar-refractivity contribution in [2.75, 3.05) is 32.7 Å². The Morgan fingerprint density at radius 1 is 1.10 bits per heavy atom. The molecule has 1 saturated heterocycles. The van der Waals surface area contributed by atoms with E-state index in [1.807, 2.05) is 4.90 Å². The van der Waals surface area contributed by atoms with E-state index in [4.69, 9.17) is 5.73 Å². The highest BCUT2D eigenvalue weighted by Gasteiger charge is 2.30. The zero-order chi connectivity index (χ0) is 15.2. The van der Waals surface area contributed by atoms with Gasteiger partial charge in [0.15, 0.2) is 0 Å². The van der Waals surface area contributed by atoms with Gasteiger partial charge in [-0.15, -0.1) is 0 Å². The molecule has 122 valence electrons. The number of carbonyl (C=O) groups is 1. The number of carbonyl (C=O) groups excluding carboxylic acids is 1. The fraction of sp³-hybridized carbons (Fsp3) is 0.941. The molecule has 2 aliphatic rings. The van der Waals surface area contributed by atoms with Gasteiger partial charge in [-0.1, -0.05) is 13.8 Å². The average Bonchev–Trinajstić information content (AvgIpc) is 2.53. The molecule has 4 nitrogen and oxygen atoms in total. The molecule has 2 rings (SSSR count). The van der Waals surface area contributed by atoms with Crippen LogP contribution in [0.4, 0.5) is 0 Å². The molecule has 2 N–H and O–H groups in total. The van der Waals surface area contributed by atoms with Gasteiger partial charge in [0, 0.05) is 38.6 Å². The van der Waals surface area contributed by atoms with E-state index in [9.17, 15) is 4.79 Å². The third kappa shape index (κ3) is 4.68. The Kier molecular flexibility index (Phi) is 6.49. The number of rotatable bonds is 5. The van der Waals surface area contributed by atoms with Gasteiger partial charge in [0.25, 0.3) is 0 Å². The minimum absolute atomic E-state index is 0.295. The van der Waals surface area contributed by atoms with Crippen LogP contribution in [0.25, 0.3) is 0 Å². The van der Waals surface area contributed by atoms with Crippen LogP contribution in [0.5, 0.6) is 0 Å². The molecule has 0 unspecified atom stereocenters. The lowest BCUT2D eigenvalue weighted by atomic mass is 9.79. The van der Waals surface area contributed by atoms with Crippen LogP contribution in [-0.4, -0.2) is 54.5 Å². The van der Waals surface area contributed by atoms with E-state index in [-0.39, 0.29) is 0 Å². The Balaban J connectivity index is 1.71. The highest BCUT2D eigenvalue weighted by Crippen LogP contribution is 2.32.